The van der Waals surface area contributed by atoms with Gasteiger partial charge in [0.05, 0.1) is 16.8 Å². The van der Waals surface area contributed by atoms with E-state index in [4.69, 9.17) is 11.6 Å². The minimum atomic E-state index is -0.413. The first-order valence-electron chi connectivity index (χ1n) is 7.47. The second kappa shape index (κ2) is 5.99. The first kappa shape index (κ1) is 15.3. The SMILES string of the molecule is O=[N+]([O-])c1cccc(-c2ccnc3c(-c4ccc(Cl)cc4)cnn23)c1. The quantitative estimate of drug-likeness (QED) is 0.399. The average Bonchev–Trinajstić information content (AvgIpc) is 3.06. The van der Waals surface area contributed by atoms with E-state index in [-0.39, 0.29) is 5.69 Å². The summed E-state index contributed by atoms with van der Waals surface area (Å²) in [5.41, 5.74) is 3.95. The molecule has 7 heteroatoms. The maximum atomic E-state index is 11.0. The lowest BCUT2D eigenvalue weighted by Crippen LogP contribution is -1.96. The Bertz CT molecular complexity index is 1090. The predicted molar refractivity (Wildman–Crippen MR) is 95.5 cm³/mol. The van der Waals surface area contributed by atoms with Gasteiger partial charge in [-0.05, 0) is 23.8 Å². The average molecular weight is 351 g/mol. The fraction of sp³-hybridized carbons (Fsp3) is 0. The Kier molecular flexibility index (Phi) is 3.66. The third-order valence-electron chi connectivity index (χ3n) is 3.91. The highest BCUT2D eigenvalue weighted by molar-refractivity contribution is 6.30. The molecule has 0 unspecified atom stereocenters. The van der Waals surface area contributed by atoms with Crippen LogP contribution in [0.2, 0.25) is 5.02 Å². The zero-order chi connectivity index (χ0) is 17.4. The normalized spacial score (nSPS) is 10.9. The minimum absolute atomic E-state index is 0.0348. The van der Waals surface area contributed by atoms with Gasteiger partial charge in [-0.2, -0.15) is 5.10 Å². The van der Waals surface area contributed by atoms with Gasteiger partial charge in [-0.1, -0.05) is 35.9 Å². The van der Waals surface area contributed by atoms with Gasteiger partial charge >= 0.3 is 0 Å². The second-order valence-electron chi connectivity index (χ2n) is 5.44. The molecule has 25 heavy (non-hydrogen) atoms. The lowest BCUT2D eigenvalue weighted by molar-refractivity contribution is -0.384. The molecule has 6 nitrogen and oxygen atoms in total. The molecule has 0 atom stereocenters. The van der Waals surface area contributed by atoms with Crippen LogP contribution in [-0.4, -0.2) is 19.5 Å². The molecule has 0 aliphatic carbocycles. The largest absolute Gasteiger partial charge is 0.270 e. The van der Waals surface area contributed by atoms with E-state index in [1.807, 2.05) is 30.3 Å². The van der Waals surface area contributed by atoms with E-state index in [0.717, 1.165) is 16.8 Å². The summed E-state index contributed by atoms with van der Waals surface area (Å²) in [4.78, 5) is 15.0. The van der Waals surface area contributed by atoms with Gasteiger partial charge in [0.1, 0.15) is 0 Å². The molecule has 122 valence electrons. The van der Waals surface area contributed by atoms with Gasteiger partial charge in [0.25, 0.3) is 5.69 Å². The van der Waals surface area contributed by atoms with Gasteiger partial charge in [-0.15, -0.1) is 0 Å². The van der Waals surface area contributed by atoms with E-state index < -0.39 is 4.92 Å². The van der Waals surface area contributed by atoms with Gasteiger partial charge in [0.2, 0.25) is 0 Å². The van der Waals surface area contributed by atoms with Crippen molar-refractivity contribution in [2.24, 2.45) is 0 Å². The molecule has 0 aliphatic heterocycles. The Balaban J connectivity index is 1.89. The molecule has 4 rings (SSSR count). The van der Waals surface area contributed by atoms with Crippen LogP contribution in [0.3, 0.4) is 0 Å². The van der Waals surface area contributed by atoms with Crippen molar-refractivity contribution < 1.29 is 4.92 Å². The van der Waals surface area contributed by atoms with E-state index >= 15 is 0 Å². The lowest BCUT2D eigenvalue weighted by Gasteiger charge is -2.05. The highest BCUT2D eigenvalue weighted by Crippen LogP contribution is 2.29. The fourth-order valence-corrected chi connectivity index (χ4v) is 2.85. The number of halogens is 1. The topological polar surface area (TPSA) is 73.3 Å². The number of benzene rings is 2. The first-order valence-corrected chi connectivity index (χ1v) is 7.85. The highest BCUT2D eigenvalue weighted by atomic mass is 35.5. The van der Waals surface area contributed by atoms with E-state index in [9.17, 15) is 10.1 Å². The molecule has 0 radical (unpaired) electrons. The number of nitro groups is 1. The summed E-state index contributed by atoms with van der Waals surface area (Å²) in [6.45, 7) is 0. The van der Waals surface area contributed by atoms with Gasteiger partial charge in [0, 0.05) is 34.5 Å². The van der Waals surface area contributed by atoms with Crippen LogP contribution in [0.15, 0.2) is 67.0 Å². The van der Waals surface area contributed by atoms with Crippen molar-refractivity contribution in [1.82, 2.24) is 14.6 Å². The van der Waals surface area contributed by atoms with Crippen molar-refractivity contribution in [1.29, 1.82) is 0 Å². The van der Waals surface area contributed by atoms with Gasteiger partial charge < -0.3 is 0 Å². The smallest absolute Gasteiger partial charge is 0.258 e. The molecule has 0 bridgehead atoms. The Morgan fingerprint density at radius 2 is 1.84 bits per heavy atom. The Morgan fingerprint density at radius 3 is 2.60 bits per heavy atom. The molecule has 4 aromatic rings. The fourth-order valence-electron chi connectivity index (χ4n) is 2.72. The summed E-state index contributed by atoms with van der Waals surface area (Å²) >= 11 is 5.95. The third-order valence-corrected chi connectivity index (χ3v) is 4.16. The Hall–Kier alpha value is -3.25. The maximum Gasteiger partial charge on any atom is 0.270 e. The third kappa shape index (κ3) is 2.72. The molecule has 0 amide bonds. The summed E-state index contributed by atoms with van der Waals surface area (Å²) in [6.07, 6.45) is 3.40. The standard InChI is InChI=1S/C18H11ClN4O2/c19-14-6-4-12(5-7-14)16-11-21-22-17(8-9-20-18(16)22)13-2-1-3-15(10-13)23(24)25/h1-11H. The maximum absolute atomic E-state index is 11.0. The van der Waals surface area contributed by atoms with Crippen molar-refractivity contribution in [2.45, 2.75) is 0 Å². The van der Waals surface area contributed by atoms with Crippen LogP contribution in [-0.2, 0) is 0 Å². The van der Waals surface area contributed by atoms with E-state index in [0.29, 0.717) is 16.2 Å². The zero-order valence-electron chi connectivity index (χ0n) is 12.8. The van der Waals surface area contributed by atoms with Crippen LogP contribution < -0.4 is 0 Å². The molecule has 2 aromatic heterocycles. The van der Waals surface area contributed by atoms with Gasteiger partial charge in [-0.3, -0.25) is 10.1 Å². The van der Waals surface area contributed by atoms with Crippen LogP contribution in [0.4, 0.5) is 5.69 Å². The number of fused-ring (bicyclic) bond motifs is 1. The van der Waals surface area contributed by atoms with Crippen molar-refractivity contribution in [2.75, 3.05) is 0 Å². The van der Waals surface area contributed by atoms with Crippen molar-refractivity contribution in [3.05, 3.63) is 82.1 Å². The Labute approximate surface area is 147 Å². The molecular formula is C18H11ClN4O2. The molecule has 0 spiro atoms. The molecule has 2 heterocycles. The van der Waals surface area contributed by atoms with Crippen LogP contribution in [0, 0.1) is 10.1 Å². The van der Waals surface area contributed by atoms with Crippen LogP contribution in [0.5, 0.6) is 0 Å². The minimum Gasteiger partial charge on any atom is -0.258 e. The monoisotopic (exact) mass is 350 g/mol. The summed E-state index contributed by atoms with van der Waals surface area (Å²) < 4.78 is 1.68. The summed E-state index contributed by atoms with van der Waals surface area (Å²) in [7, 11) is 0. The number of aromatic nitrogens is 3. The number of rotatable bonds is 3. The molecule has 0 saturated heterocycles. The predicted octanol–water partition coefficient (Wildman–Crippen LogP) is 4.62. The molecule has 0 N–H and O–H groups in total. The van der Waals surface area contributed by atoms with Crippen molar-refractivity contribution >= 4 is 22.9 Å². The van der Waals surface area contributed by atoms with Crippen molar-refractivity contribution in [3.8, 4) is 22.4 Å². The Morgan fingerprint density at radius 1 is 1.04 bits per heavy atom. The van der Waals surface area contributed by atoms with Crippen LogP contribution in [0.1, 0.15) is 0 Å². The molecule has 0 aliphatic rings. The number of nitro benzene ring substituents is 1. The molecular weight excluding hydrogens is 340 g/mol. The van der Waals surface area contributed by atoms with E-state index in [1.54, 1.807) is 29.0 Å². The summed E-state index contributed by atoms with van der Waals surface area (Å²) in [6, 6.07) is 15.7. The van der Waals surface area contributed by atoms with Crippen LogP contribution in [0.25, 0.3) is 28.0 Å². The van der Waals surface area contributed by atoms with Crippen LogP contribution >= 0.6 is 11.6 Å². The van der Waals surface area contributed by atoms with Crippen molar-refractivity contribution in [3.63, 3.8) is 0 Å². The number of nitrogens with zero attached hydrogens (tertiary/aromatic N) is 4. The van der Waals surface area contributed by atoms with E-state index in [2.05, 4.69) is 10.1 Å². The molecule has 0 saturated carbocycles. The number of hydrogen-bond acceptors (Lipinski definition) is 4. The van der Waals surface area contributed by atoms with E-state index in [1.165, 1.54) is 12.1 Å². The lowest BCUT2D eigenvalue weighted by atomic mass is 10.1. The second-order valence-corrected chi connectivity index (χ2v) is 5.87. The summed E-state index contributed by atoms with van der Waals surface area (Å²) in [5, 5.41) is 16.1. The first-order chi connectivity index (χ1) is 12.1. The van der Waals surface area contributed by atoms with Gasteiger partial charge in [-0.25, -0.2) is 9.50 Å². The summed E-state index contributed by atoms with van der Waals surface area (Å²) in [5.74, 6) is 0. The van der Waals surface area contributed by atoms with Gasteiger partial charge in [0.15, 0.2) is 5.65 Å². The zero-order valence-corrected chi connectivity index (χ0v) is 13.6. The molecule has 2 aromatic carbocycles. The highest BCUT2D eigenvalue weighted by Gasteiger charge is 2.13. The number of hydrogen-bond donors (Lipinski definition) is 0. The molecule has 0 fully saturated rings. The number of non-ortho nitro benzene ring substituents is 1.